The number of fused-ring (bicyclic) bond motifs is 2. The summed E-state index contributed by atoms with van der Waals surface area (Å²) in [6.45, 7) is 0.586. The van der Waals surface area contributed by atoms with Gasteiger partial charge >= 0.3 is 0 Å². The van der Waals surface area contributed by atoms with E-state index < -0.39 is 11.5 Å². The van der Waals surface area contributed by atoms with Crippen LogP contribution in [0.25, 0.3) is 21.9 Å². The molecule has 0 radical (unpaired) electrons. The summed E-state index contributed by atoms with van der Waals surface area (Å²) in [6.07, 6.45) is 1.98. The highest BCUT2D eigenvalue weighted by Gasteiger charge is 2.44. The first-order valence-corrected chi connectivity index (χ1v) is 11.9. The van der Waals surface area contributed by atoms with E-state index in [2.05, 4.69) is 0 Å². The van der Waals surface area contributed by atoms with Crippen molar-refractivity contribution in [2.75, 3.05) is 27.7 Å². The Balaban J connectivity index is 1.84. The number of methoxy groups -OCH3 is 1. The summed E-state index contributed by atoms with van der Waals surface area (Å²) in [5, 5.41) is 14.6. The third-order valence-corrected chi connectivity index (χ3v) is 6.77. The minimum Gasteiger partial charge on any atom is -0.481 e. The maximum Gasteiger partial charge on any atom is 0.217 e. The van der Waals surface area contributed by atoms with Crippen molar-refractivity contribution in [1.29, 1.82) is 0 Å². The van der Waals surface area contributed by atoms with Gasteiger partial charge in [-0.15, -0.1) is 0 Å². The van der Waals surface area contributed by atoms with Crippen molar-refractivity contribution < 1.29 is 18.7 Å². The van der Waals surface area contributed by atoms with Gasteiger partial charge in [0.15, 0.2) is 0 Å². The first kappa shape index (κ1) is 24.0. The fourth-order valence-corrected chi connectivity index (χ4v) is 5.05. The quantitative estimate of drug-likeness (QED) is 0.288. The van der Waals surface area contributed by atoms with Gasteiger partial charge in [0.2, 0.25) is 5.88 Å². The number of ether oxygens (including phenoxy) is 1. The van der Waals surface area contributed by atoms with Crippen LogP contribution in [0.4, 0.5) is 4.39 Å². The maximum atomic E-state index is 14.6. The third-order valence-electron chi connectivity index (χ3n) is 6.77. The van der Waals surface area contributed by atoms with Crippen molar-refractivity contribution in [3.05, 3.63) is 108 Å². The predicted octanol–water partition coefficient (Wildman–Crippen LogP) is 6.10. The molecule has 5 nitrogen and oxygen atoms in total. The lowest BCUT2D eigenvalue weighted by molar-refractivity contribution is 0.00435. The first-order chi connectivity index (χ1) is 17.4. The summed E-state index contributed by atoms with van der Waals surface area (Å²) in [5.74, 6) is -0.690. The average Bonchev–Trinajstić information content (AvgIpc) is 3.36. The lowest BCUT2D eigenvalue weighted by Gasteiger charge is -2.38. The van der Waals surface area contributed by atoms with Crippen molar-refractivity contribution in [3.8, 4) is 5.88 Å². The number of aromatic nitrogens is 1. The third kappa shape index (κ3) is 4.34. The zero-order valence-corrected chi connectivity index (χ0v) is 20.6. The molecule has 1 N–H and O–H groups in total. The molecule has 0 aliphatic carbocycles. The summed E-state index contributed by atoms with van der Waals surface area (Å²) in [5.41, 5.74) is 1.83. The normalized spacial score (nSPS) is 14.3. The monoisotopic (exact) mass is 484 g/mol. The van der Waals surface area contributed by atoms with Crippen molar-refractivity contribution in [3.63, 3.8) is 0 Å². The zero-order valence-electron chi connectivity index (χ0n) is 20.6. The Kier molecular flexibility index (Phi) is 6.48. The van der Waals surface area contributed by atoms with E-state index in [9.17, 15) is 9.50 Å². The summed E-state index contributed by atoms with van der Waals surface area (Å²) >= 11 is 0. The van der Waals surface area contributed by atoms with E-state index >= 15 is 0 Å². The second-order valence-electron chi connectivity index (χ2n) is 9.39. The smallest absolute Gasteiger partial charge is 0.217 e. The molecule has 0 aliphatic heterocycles. The molecule has 0 fully saturated rings. The van der Waals surface area contributed by atoms with Crippen LogP contribution in [0.2, 0.25) is 0 Å². The number of furan rings is 1. The number of rotatable bonds is 8. The maximum absolute atomic E-state index is 14.6. The highest BCUT2D eigenvalue weighted by molar-refractivity contribution is 5.83. The van der Waals surface area contributed by atoms with Gasteiger partial charge < -0.3 is 19.2 Å². The molecule has 2 aromatic heterocycles. The van der Waals surface area contributed by atoms with Crippen molar-refractivity contribution in [1.82, 2.24) is 9.88 Å². The molecule has 2 unspecified atom stereocenters. The standard InChI is InChI=1S/C30H29FN2O3/c1-33(2)16-15-30(34,25-12-7-9-20-14-17-36-28(20)25)27(22-10-6-11-23(31)18-22)24-19-21-8-4-5-13-26(21)32-29(24)35-3/h4-14,17-19,27,34H,15-16H2,1-3H3. The van der Waals surface area contributed by atoms with Gasteiger partial charge in [0.25, 0.3) is 0 Å². The second-order valence-corrected chi connectivity index (χ2v) is 9.39. The van der Waals surface area contributed by atoms with E-state index in [-0.39, 0.29) is 5.82 Å². The topological polar surface area (TPSA) is 58.7 Å². The van der Waals surface area contributed by atoms with Gasteiger partial charge in [-0.3, -0.25) is 0 Å². The molecule has 5 aromatic rings. The van der Waals surface area contributed by atoms with Crippen LogP contribution in [0.1, 0.15) is 29.0 Å². The largest absolute Gasteiger partial charge is 0.481 e. The van der Waals surface area contributed by atoms with E-state index in [1.165, 1.54) is 12.1 Å². The van der Waals surface area contributed by atoms with Crippen LogP contribution in [-0.4, -0.2) is 42.7 Å². The van der Waals surface area contributed by atoms with Gasteiger partial charge in [0.05, 0.1) is 18.9 Å². The fraction of sp³-hybridized carbons (Fsp3) is 0.233. The Morgan fingerprint density at radius 2 is 1.78 bits per heavy atom. The fourth-order valence-electron chi connectivity index (χ4n) is 5.05. The molecule has 184 valence electrons. The first-order valence-electron chi connectivity index (χ1n) is 11.9. The Bertz CT molecular complexity index is 1510. The van der Waals surface area contributed by atoms with E-state index in [1.807, 2.05) is 79.7 Å². The molecule has 36 heavy (non-hydrogen) atoms. The van der Waals surface area contributed by atoms with Gasteiger partial charge in [-0.05, 0) is 56.4 Å². The molecule has 3 aromatic carbocycles. The summed E-state index contributed by atoms with van der Waals surface area (Å²) in [7, 11) is 5.49. The van der Waals surface area contributed by atoms with E-state index in [0.717, 1.165) is 16.3 Å². The highest BCUT2D eigenvalue weighted by Crippen LogP contribution is 2.49. The van der Waals surface area contributed by atoms with Crippen LogP contribution >= 0.6 is 0 Å². The van der Waals surface area contributed by atoms with Gasteiger partial charge in [0.1, 0.15) is 17.0 Å². The summed E-state index contributed by atoms with van der Waals surface area (Å²) in [6, 6.07) is 23.7. The number of para-hydroxylation sites is 2. The molecule has 0 bridgehead atoms. The number of aliphatic hydroxyl groups is 1. The van der Waals surface area contributed by atoms with Crippen LogP contribution < -0.4 is 4.74 Å². The molecular formula is C30H29FN2O3. The summed E-state index contributed by atoms with van der Waals surface area (Å²) < 4.78 is 26.3. The minimum atomic E-state index is -1.48. The Morgan fingerprint density at radius 3 is 2.56 bits per heavy atom. The molecule has 0 spiro atoms. The molecule has 0 saturated heterocycles. The van der Waals surface area contributed by atoms with Gasteiger partial charge in [-0.25, -0.2) is 9.37 Å². The van der Waals surface area contributed by atoms with Crippen LogP contribution in [-0.2, 0) is 5.60 Å². The molecule has 0 saturated carbocycles. The van der Waals surface area contributed by atoms with Gasteiger partial charge in [0, 0.05) is 34.4 Å². The number of halogens is 1. The van der Waals surface area contributed by atoms with Gasteiger partial charge in [-0.2, -0.15) is 0 Å². The molecule has 5 rings (SSSR count). The van der Waals surface area contributed by atoms with Crippen LogP contribution in [0.5, 0.6) is 5.88 Å². The second kappa shape index (κ2) is 9.72. The Labute approximate surface area is 209 Å². The number of nitrogens with zero attached hydrogens (tertiary/aromatic N) is 2. The predicted molar refractivity (Wildman–Crippen MR) is 140 cm³/mol. The lowest BCUT2D eigenvalue weighted by Crippen LogP contribution is -2.38. The number of hydrogen-bond donors (Lipinski definition) is 1. The molecule has 0 amide bonds. The molecule has 2 atom stereocenters. The Morgan fingerprint density at radius 1 is 1.00 bits per heavy atom. The molecule has 6 heteroatoms. The van der Waals surface area contributed by atoms with E-state index in [1.54, 1.807) is 19.4 Å². The van der Waals surface area contributed by atoms with E-state index in [0.29, 0.717) is 41.1 Å². The van der Waals surface area contributed by atoms with Crippen molar-refractivity contribution in [2.45, 2.75) is 17.9 Å². The van der Waals surface area contributed by atoms with Gasteiger partial charge in [-0.1, -0.05) is 48.5 Å². The number of hydrogen-bond acceptors (Lipinski definition) is 5. The molecule has 2 heterocycles. The SMILES string of the molecule is COc1nc2ccccc2cc1C(c1cccc(F)c1)C(O)(CCN(C)C)c1cccc2ccoc12. The van der Waals surface area contributed by atoms with Crippen molar-refractivity contribution >= 4 is 21.9 Å². The molecular weight excluding hydrogens is 455 g/mol. The Hall–Kier alpha value is -3.74. The molecule has 0 aliphatic rings. The minimum absolute atomic E-state index is 0.358. The highest BCUT2D eigenvalue weighted by atomic mass is 19.1. The number of benzene rings is 3. The lowest BCUT2D eigenvalue weighted by atomic mass is 9.71. The number of pyridine rings is 1. The van der Waals surface area contributed by atoms with Crippen LogP contribution in [0, 0.1) is 5.82 Å². The van der Waals surface area contributed by atoms with Crippen LogP contribution in [0.15, 0.2) is 89.5 Å². The average molecular weight is 485 g/mol. The van der Waals surface area contributed by atoms with Crippen LogP contribution in [0.3, 0.4) is 0 Å². The zero-order chi connectivity index (χ0) is 25.3. The summed E-state index contributed by atoms with van der Waals surface area (Å²) in [4.78, 5) is 6.78. The van der Waals surface area contributed by atoms with Crippen molar-refractivity contribution in [2.24, 2.45) is 0 Å². The van der Waals surface area contributed by atoms with E-state index in [4.69, 9.17) is 14.1 Å².